The van der Waals surface area contributed by atoms with Crippen LogP contribution in [0.15, 0.2) is 76.2 Å². The Balaban J connectivity index is 1.90. The van der Waals surface area contributed by atoms with Crippen LogP contribution in [-0.4, -0.2) is 28.0 Å². The van der Waals surface area contributed by atoms with Gasteiger partial charge in [-0.05, 0) is 43.3 Å². The second-order valence-electron chi connectivity index (χ2n) is 6.38. The Morgan fingerprint density at radius 3 is 2.52 bits per heavy atom. The highest BCUT2D eigenvalue weighted by Gasteiger charge is 2.27. The molecule has 0 aliphatic rings. The maximum absolute atomic E-state index is 13.3. The summed E-state index contributed by atoms with van der Waals surface area (Å²) in [5.41, 5.74) is 1.27. The standard InChI is InChI=1S/C21H22N2O5S/c1-16-8-10-20(11-9-16)29(25,26)23(17-5-3-6-18(13-17)27-2)15-21(24)22-14-19-7-4-12-28-19/h3-13H,14-15H2,1-2H3,(H,22,24). The van der Waals surface area contributed by atoms with Gasteiger partial charge in [0.05, 0.1) is 30.5 Å². The van der Waals surface area contributed by atoms with Crippen molar-refractivity contribution in [3.8, 4) is 5.75 Å². The fraction of sp³-hybridized carbons (Fsp3) is 0.190. The lowest BCUT2D eigenvalue weighted by Gasteiger charge is -2.24. The van der Waals surface area contributed by atoms with Gasteiger partial charge in [-0.2, -0.15) is 0 Å². The van der Waals surface area contributed by atoms with Crippen LogP contribution in [0.4, 0.5) is 5.69 Å². The van der Waals surface area contributed by atoms with Gasteiger partial charge in [0.15, 0.2) is 0 Å². The van der Waals surface area contributed by atoms with Gasteiger partial charge < -0.3 is 14.5 Å². The van der Waals surface area contributed by atoms with Crippen LogP contribution in [0.3, 0.4) is 0 Å². The number of furan rings is 1. The third-order valence-electron chi connectivity index (χ3n) is 4.28. The molecule has 3 aromatic rings. The quantitative estimate of drug-likeness (QED) is 0.612. The third kappa shape index (κ3) is 4.97. The molecule has 29 heavy (non-hydrogen) atoms. The monoisotopic (exact) mass is 414 g/mol. The van der Waals surface area contributed by atoms with E-state index in [0.29, 0.717) is 17.2 Å². The first kappa shape index (κ1) is 20.5. The molecule has 0 bridgehead atoms. The summed E-state index contributed by atoms with van der Waals surface area (Å²) in [4.78, 5) is 12.6. The molecule has 0 atom stereocenters. The lowest BCUT2D eigenvalue weighted by atomic mass is 10.2. The van der Waals surface area contributed by atoms with Crippen molar-refractivity contribution in [2.45, 2.75) is 18.4 Å². The number of benzene rings is 2. The molecule has 1 aromatic heterocycles. The number of nitrogens with zero attached hydrogens (tertiary/aromatic N) is 1. The van der Waals surface area contributed by atoms with E-state index in [1.165, 1.54) is 25.5 Å². The molecule has 1 amide bonds. The van der Waals surface area contributed by atoms with Crippen molar-refractivity contribution in [3.63, 3.8) is 0 Å². The Kier molecular flexibility index (Phi) is 6.23. The van der Waals surface area contributed by atoms with Crippen LogP contribution >= 0.6 is 0 Å². The van der Waals surface area contributed by atoms with E-state index in [9.17, 15) is 13.2 Å². The highest BCUT2D eigenvalue weighted by Crippen LogP contribution is 2.27. The fourth-order valence-electron chi connectivity index (χ4n) is 2.70. The van der Waals surface area contributed by atoms with E-state index < -0.39 is 15.9 Å². The molecule has 0 radical (unpaired) electrons. The van der Waals surface area contributed by atoms with Crippen LogP contribution in [0.5, 0.6) is 5.75 Å². The second-order valence-corrected chi connectivity index (χ2v) is 8.24. The second kappa shape index (κ2) is 8.83. The van der Waals surface area contributed by atoms with Crippen LogP contribution < -0.4 is 14.4 Å². The van der Waals surface area contributed by atoms with Gasteiger partial charge in [0.2, 0.25) is 5.91 Å². The largest absolute Gasteiger partial charge is 0.497 e. The molecule has 0 saturated heterocycles. The number of aryl methyl sites for hydroxylation is 1. The van der Waals surface area contributed by atoms with E-state index in [1.54, 1.807) is 48.5 Å². The smallest absolute Gasteiger partial charge is 0.264 e. The molecule has 0 aliphatic carbocycles. The molecule has 0 aliphatic heterocycles. The number of hydrogen-bond acceptors (Lipinski definition) is 5. The summed E-state index contributed by atoms with van der Waals surface area (Å²) >= 11 is 0. The number of methoxy groups -OCH3 is 1. The topological polar surface area (TPSA) is 88.8 Å². The number of nitrogens with one attached hydrogen (secondary N) is 1. The summed E-state index contributed by atoms with van der Waals surface area (Å²) in [6.45, 7) is 1.66. The van der Waals surface area contributed by atoms with Crippen LogP contribution in [0, 0.1) is 6.92 Å². The van der Waals surface area contributed by atoms with Crippen molar-refractivity contribution in [1.29, 1.82) is 0 Å². The first-order valence-corrected chi connectivity index (χ1v) is 10.4. The van der Waals surface area contributed by atoms with Crippen molar-refractivity contribution in [2.24, 2.45) is 0 Å². The number of carbonyl (C=O) groups is 1. The normalized spacial score (nSPS) is 11.1. The summed E-state index contributed by atoms with van der Waals surface area (Å²) in [5, 5.41) is 2.68. The molecule has 3 rings (SSSR count). The summed E-state index contributed by atoms with van der Waals surface area (Å²) in [6.07, 6.45) is 1.51. The maximum Gasteiger partial charge on any atom is 0.264 e. The minimum absolute atomic E-state index is 0.102. The predicted octanol–water partition coefficient (Wildman–Crippen LogP) is 3.11. The van der Waals surface area contributed by atoms with E-state index in [0.717, 1.165) is 9.87 Å². The van der Waals surface area contributed by atoms with Crippen LogP contribution in [0.25, 0.3) is 0 Å². The first-order chi connectivity index (χ1) is 13.9. The zero-order valence-corrected chi connectivity index (χ0v) is 17.0. The summed E-state index contributed by atoms with van der Waals surface area (Å²) in [5.74, 6) is 0.607. The molecule has 8 heteroatoms. The molecule has 0 fully saturated rings. The number of sulfonamides is 1. The average molecular weight is 414 g/mol. The van der Waals surface area contributed by atoms with Gasteiger partial charge in [-0.15, -0.1) is 0 Å². The van der Waals surface area contributed by atoms with Crippen molar-refractivity contribution < 1.29 is 22.4 Å². The van der Waals surface area contributed by atoms with Gasteiger partial charge in [-0.3, -0.25) is 9.10 Å². The number of carbonyl (C=O) groups excluding carboxylic acids is 1. The van der Waals surface area contributed by atoms with Gasteiger partial charge in [-0.25, -0.2) is 8.42 Å². The predicted molar refractivity (Wildman–Crippen MR) is 109 cm³/mol. The molecular formula is C21H22N2O5S. The van der Waals surface area contributed by atoms with E-state index in [-0.39, 0.29) is 18.0 Å². The number of rotatable bonds is 8. The number of hydrogen-bond donors (Lipinski definition) is 1. The van der Waals surface area contributed by atoms with E-state index in [1.807, 2.05) is 6.92 Å². The number of anilines is 1. The zero-order valence-electron chi connectivity index (χ0n) is 16.2. The van der Waals surface area contributed by atoms with Gasteiger partial charge in [0.1, 0.15) is 18.1 Å². The number of ether oxygens (including phenoxy) is 1. The molecule has 0 spiro atoms. The van der Waals surface area contributed by atoms with Gasteiger partial charge in [-0.1, -0.05) is 23.8 Å². The Bertz CT molecular complexity index is 1060. The van der Waals surface area contributed by atoms with Crippen LogP contribution in [0.2, 0.25) is 0 Å². The molecule has 1 heterocycles. The van der Waals surface area contributed by atoms with E-state index in [4.69, 9.17) is 9.15 Å². The van der Waals surface area contributed by atoms with Gasteiger partial charge in [0, 0.05) is 6.07 Å². The van der Waals surface area contributed by atoms with Crippen molar-refractivity contribution in [2.75, 3.05) is 18.0 Å². The Hall–Kier alpha value is -3.26. The minimum Gasteiger partial charge on any atom is -0.497 e. The Morgan fingerprint density at radius 1 is 1.10 bits per heavy atom. The molecule has 7 nitrogen and oxygen atoms in total. The molecule has 152 valence electrons. The molecule has 1 N–H and O–H groups in total. The highest BCUT2D eigenvalue weighted by atomic mass is 32.2. The van der Waals surface area contributed by atoms with E-state index >= 15 is 0 Å². The maximum atomic E-state index is 13.3. The zero-order chi connectivity index (χ0) is 20.9. The van der Waals surface area contributed by atoms with Gasteiger partial charge in [0.25, 0.3) is 10.0 Å². The SMILES string of the molecule is COc1cccc(N(CC(=O)NCc2ccco2)S(=O)(=O)c2ccc(C)cc2)c1. The Labute approximate surface area is 170 Å². The summed E-state index contributed by atoms with van der Waals surface area (Å²) < 4.78 is 38.1. The van der Waals surface area contributed by atoms with Crippen molar-refractivity contribution in [1.82, 2.24) is 5.32 Å². The number of amides is 1. The summed E-state index contributed by atoms with van der Waals surface area (Å²) in [7, 11) is -2.48. The lowest BCUT2D eigenvalue weighted by Crippen LogP contribution is -2.40. The van der Waals surface area contributed by atoms with Crippen molar-refractivity contribution in [3.05, 3.63) is 78.3 Å². The van der Waals surface area contributed by atoms with Crippen LogP contribution in [0.1, 0.15) is 11.3 Å². The highest BCUT2D eigenvalue weighted by molar-refractivity contribution is 7.92. The molecule has 0 unspecified atom stereocenters. The first-order valence-electron chi connectivity index (χ1n) is 8.92. The fourth-order valence-corrected chi connectivity index (χ4v) is 4.12. The van der Waals surface area contributed by atoms with Crippen molar-refractivity contribution >= 4 is 21.6 Å². The lowest BCUT2D eigenvalue weighted by molar-refractivity contribution is -0.119. The molecular weight excluding hydrogens is 392 g/mol. The Morgan fingerprint density at radius 2 is 1.86 bits per heavy atom. The van der Waals surface area contributed by atoms with E-state index in [2.05, 4.69) is 5.32 Å². The van der Waals surface area contributed by atoms with Gasteiger partial charge >= 0.3 is 0 Å². The average Bonchev–Trinajstić information content (AvgIpc) is 3.24. The third-order valence-corrected chi connectivity index (χ3v) is 6.07. The minimum atomic E-state index is -3.97. The summed E-state index contributed by atoms with van der Waals surface area (Å²) in [6, 6.07) is 16.5. The molecule has 2 aromatic carbocycles. The molecule has 0 saturated carbocycles. The van der Waals surface area contributed by atoms with Crippen LogP contribution in [-0.2, 0) is 21.4 Å².